The number of esters is 1. The zero-order valence-corrected chi connectivity index (χ0v) is 17.4. The summed E-state index contributed by atoms with van der Waals surface area (Å²) in [5.41, 5.74) is 4.72. The lowest BCUT2D eigenvalue weighted by Crippen LogP contribution is -2.31. The van der Waals surface area contributed by atoms with Crippen LogP contribution in [0.3, 0.4) is 0 Å². The summed E-state index contributed by atoms with van der Waals surface area (Å²) >= 11 is 0. The van der Waals surface area contributed by atoms with Gasteiger partial charge in [-0.15, -0.1) is 0 Å². The molecular formula is C25H21N5O2. The van der Waals surface area contributed by atoms with Gasteiger partial charge in [-0.2, -0.15) is 5.10 Å². The monoisotopic (exact) mass is 423 g/mol. The molecule has 0 unspecified atom stereocenters. The molecule has 32 heavy (non-hydrogen) atoms. The number of H-pyrrole nitrogens is 1. The van der Waals surface area contributed by atoms with E-state index >= 15 is 0 Å². The highest BCUT2D eigenvalue weighted by atomic mass is 16.6. The predicted octanol–water partition coefficient (Wildman–Crippen LogP) is 4.65. The largest absolute Gasteiger partial charge is 0.450 e. The van der Waals surface area contributed by atoms with E-state index in [-0.39, 0.29) is 5.97 Å². The highest BCUT2D eigenvalue weighted by Crippen LogP contribution is 2.49. The highest BCUT2D eigenvalue weighted by molar-refractivity contribution is 5.94. The fraction of sp³-hybridized carbons (Fsp3) is 0.240. The van der Waals surface area contributed by atoms with Crippen molar-refractivity contribution in [3.05, 3.63) is 83.9 Å². The van der Waals surface area contributed by atoms with Crippen LogP contribution in [-0.4, -0.2) is 31.1 Å². The number of nitrogens with one attached hydrogen (secondary N) is 1. The van der Waals surface area contributed by atoms with Gasteiger partial charge >= 0.3 is 5.97 Å². The summed E-state index contributed by atoms with van der Waals surface area (Å²) < 4.78 is 5.85. The fourth-order valence-electron chi connectivity index (χ4n) is 4.89. The number of hydrogen-bond acceptors (Lipinski definition) is 6. The average Bonchev–Trinajstić information content (AvgIpc) is 3.45. The Morgan fingerprint density at radius 1 is 1.00 bits per heavy atom. The van der Waals surface area contributed by atoms with Crippen LogP contribution in [0.5, 0.6) is 0 Å². The summed E-state index contributed by atoms with van der Waals surface area (Å²) in [6.45, 7) is 0. The Bertz CT molecular complexity index is 1290. The van der Waals surface area contributed by atoms with Gasteiger partial charge in [-0.3, -0.25) is 10.1 Å². The van der Waals surface area contributed by atoms with E-state index in [0.29, 0.717) is 17.3 Å². The normalized spacial score (nSPS) is 22.0. The number of ether oxygens (including phenoxy) is 1. The van der Waals surface area contributed by atoms with Gasteiger partial charge in [0.25, 0.3) is 0 Å². The lowest BCUT2D eigenvalue weighted by Gasteiger charge is -2.35. The van der Waals surface area contributed by atoms with E-state index in [0.717, 1.165) is 53.9 Å². The second kappa shape index (κ2) is 7.37. The molecule has 0 amide bonds. The minimum atomic E-state index is -0.530. The Morgan fingerprint density at radius 3 is 2.69 bits per heavy atom. The number of fused-ring (bicyclic) bond motifs is 2. The molecule has 0 radical (unpaired) electrons. The summed E-state index contributed by atoms with van der Waals surface area (Å²) in [5.74, 6) is 0.780. The summed E-state index contributed by atoms with van der Waals surface area (Å²) in [5, 5.41) is 7.73. The molecule has 1 saturated carbocycles. The smallest absolute Gasteiger partial charge is 0.339 e. The molecule has 0 atom stereocenters. The maximum Gasteiger partial charge on any atom is 0.339 e. The first-order valence-corrected chi connectivity index (χ1v) is 10.8. The Hall–Kier alpha value is -3.87. The minimum Gasteiger partial charge on any atom is -0.450 e. The van der Waals surface area contributed by atoms with Gasteiger partial charge in [-0.1, -0.05) is 30.3 Å². The number of rotatable bonds is 3. The number of nitrogens with zero attached hydrogens (tertiary/aromatic N) is 4. The molecule has 4 heterocycles. The molecule has 158 valence electrons. The van der Waals surface area contributed by atoms with Crippen molar-refractivity contribution in [1.29, 1.82) is 0 Å². The second-order valence-electron chi connectivity index (χ2n) is 8.42. The summed E-state index contributed by atoms with van der Waals surface area (Å²) in [7, 11) is 0. The lowest BCUT2D eigenvalue weighted by molar-refractivity contribution is -0.0312. The first kappa shape index (κ1) is 18.9. The molecule has 1 aromatic carbocycles. The van der Waals surface area contributed by atoms with Crippen molar-refractivity contribution in [2.75, 3.05) is 0 Å². The maximum atomic E-state index is 12.3. The number of hydrogen-bond donors (Lipinski definition) is 1. The number of carbonyl (C=O) groups is 1. The van der Waals surface area contributed by atoms with E-state index in [2.05, 4.69) is 26.2 Å². The molecule has 1 aliphatic carbocycles. The van der Waals surface area contributed by atoms with Crippen LogP contribution in [0.2, 0.25) is 0 Å². The molecule has 1 N–H and O–H groups in total. The molecule has 7 heteroatoms. The van der Waals surface area contributed by atoms with E-state index in [1.54, 1.807) is 24.7 Å². The van der Waals surface area contributed by atoms with Crippen LogP contribution in [0.4, 0.5) is 0 Å². The summed E-state index contributed by atoms with van der Waals surface area (Å²) in [6, 6.07) is 15.6. The maximum absolute atomic E-state index is 12.3. The molecule has 3 aromatic heterocycles. The van der Waals surface area contributed by atoms with Gasteiger partial charge in [-0.25, -0.2) is 14.8 Å². The number of aromatic amines is 1. The topological polar surface area (TPSA) is 93.6 Å². The van der Waals surface area contributed by atoms with Crippen molar-refractivity contribution in [2.45, 2.75) is 37.2 Å². The van der Waals surface area contributed by atoms with Gasteiger partial charge in [0.05, 0.1) is 11.3 Å². The van der Waals surface area contributed by atoms with E-state index < -0.39 is 5.60 Å². The molecular weight excluding hydrogens is 402 g/mol. The number of carbonyl (C=O) groups excluding carboxylic acids is 1. The molecule has 0 bridgehead atoms. The van der Waals surface area contributed by atoms with Crippen LogP contribution in [-0.2, 0) is 10.3 Å². The Kier molecular flexibility index (Phi) is 4.35. The third kappa shape index (κ3) is 3.09. The van der Waals surface area contributed by atoms with Crippen LogP contribution in [0.15, 0.2) is 67.1 Å². The predicted molar refractivity (Wildman–Crippen MR) is 118 cm³/mol. The third-order valence-electron chi connectivity index (χ3n) is 6.60. The summed E-state index contributed by atoms with van der Waals surface area (Å²) in [6.07, 6.45) is 8.57. The van der Waals surface area contributed by atoms with Crippen LogP contribution >= 0.6 is 0 Å². The molecule has 1 fully saturated rings. The van der Waals surface area contributed by atoms with Crippen molar-refractivity contribution >= 4 is 5.97 Å². The molecule has 2 aliphatic rings. The molecule has 7 nitrogen and oxygen atoms in total. The molecule has 4 aromatic rings. The quantitative estimate of drug-likeness (QED) is 0.482. The highest BCUT2D eigenvalue weighted by Gasteiger charge is 2.48. The van der Waals surface area contributed by atoms with Gasteiger partial charge < -0.3 is 4.74 Å². The Labute approximate surface area is 184 Å². The van der Waals surface area contributed by atoms with Crippen molar-refractivity contribution in [1.82, 2.24) is 25.1 Å². The van der Waals surface area contributed by atoms with Crippen molar-refractivity contribution < 1.29 is 9.53 Å². The Balaban J connectivity index is 1.21. The van der Waals surface area contributed by atoms with Gasteiger partial charge in [0.15, 0.2) is 5.82 Å². The first-order chi connectivity index (χ1) is 15.7. The number of aromatic nitrogens is 5. The average molecular weight is 423 g/mol. The third-order valence-corrected chi connectivity index (χ3v) is 6.60. The lowest BCUT2D eigenvalue weighted by atomic mass is 9.74. The molecule has 6 rings (SSSR count). The molecule has 1 aliphatic heterocycles. The number of benzene rings is 1. The van der Waals surface area contributed by atoms with Crippen molar-refractivity contribution in [3.63, 3.8) is 0 Å². The first-order valence-electron chi connectivity index (χ1n) is 10.8. The van der Waals surface area contributed by atoms with E-state index in [1.165, 1.54) is 0 Å². The second-order valence-corrected chi connectivity index (χ2v) is 8.42. The van der Waals surface area contributed by atoms with E-state index in [9.17, 15) is 4.79 Å². The molecule has 0 saturated heterocycles. The SMILES string of the molecule is O=C1OC2(CCC(c3cc(-c4ccnc(-c5ccccc5)n4)n[nH]3)CC2)c2cnccc21. The zero-order chi connectivity index (χ0) is 21.5. The number of pyridine rings is 1. The van der Waals surface area contributed by atoms with Gasteiger partial charge in [0, 0.05) is 41.3 Å². The van der Waals surface area contributed by atoms with Crippen molar-refractivity contribution in [2.24, 2.45) is 0 Å². The van der Waals surface area contributed by atoms with E-state index in [1.807, 2.05) is 36.4 Å². The van der Waals surface area contributed by atoms with Gasteiger partial charge in [0.1, 0.15) is 11.3 Å². The van der Waals surface area contributed by atoms with Gasteiger partial charge in [-0.05, 0) is 43.9 Å². The standard InChI is InChI=1S/C25H21N5O2/c31-24-18-8-12-26-15-19(18)25(32-24)10-6-16(7-11-25)21-14-22(30-29-21)20-9-13-27-23(28-20)17-4-2-1-3-5-17/h1-5,8-9,12-16H,6-7,10-11H2,(H,29,30). The van der Waals surface area contributed by atoms with Crippen LogP contribution in [0, 0.1) is 0 Å². The van der Waals surface area contributed by atoms with Crippen LogP contribution < -0.4 is 0 Å². The van der Waals surface area contributed by atoms with E-state index in [4.69, 9.17) is 9.72 Å². The van der Waals surface area contributed by atoms with Crippen LogP contribution in [0.25, 0.3) is 22.8 Å². The minimum absolute atomic E-state index is 0.234. The Morgan fingerprint density at radius 2 is 1.84 bits per heavy atom. The van der Waals surface area contributed by atoms with Gasteiger partial charge in [0.2, 0.25) is 0 Å². The molecule has 1 spiro atoms. The summed E-state index contributed by atoms with van der Waals surface area (Å²) in [4.78, 5) is 25.6. The van der Waals surface area contributed by atoms with Crippen LogP contribution in [0.1, 0.15) is 53.2 Å². The zero-order valence-electron chi connectivity index (χ0n) is 17.4. The van der Waals surface area contributed by atoms with Crippen molar-refractivity contribution in [3.8, 4) is 22.8 Å². The fourth-order valence-corrected chi connectivity index (χ4v) is 4.89.